The van der Waals surface area contributed by atoms with Crippen molar-refractivity contribution in [2.75, 3.05) is 13.2 Å². The predicted molar refractivity (Wildman–Crippen MR) is 61.2 cm³/mol. The van der Waals surface area contributed by atoms with Crippen molar-refractivity contribution >= 4 is 0 Å². The standard InChI is InChI=1S/C12H18N2O2/c1-12(5-2-6-16-9-12)14-7-10-3-4-11(15)8-13-10/h3-4,8,14-15H,2,5-7,9H2,1H3. The van der Waals surface area contributed by atoms with E-state index in [1.54, 1.807) is 6.07 Å². The highest BCUT2D eigenvalue weighted by atomic mass is 16.5. The fourth-order valence-corrected chi connectivity index (χ4v) is 1.90. The lowest BCUT2D eigenvalue weighted by Gasteiger charge is -2.34. The Bertz CT molecular complexity index is 331. The number of aromatic hydroxyl groups is 1. The summed E-state index contributed by atoms with van der Waals surface area (Å²) in [5, 5.41) is 12.6. The van der Waals surface area contributed by atoms with Gasteiger partial charge in [0.25, 0.3) is 0 Å². The Hall–Kier alpha value is -1.13. The van der Waals surface area contributed by atoms with E-state index in [1.807, 2.05) is 6.07 Å². The summed E-state index contributed by atoms with van der Waals surface area (Å²) >= 11 is 0. The monoisotopic (exact) mass is 222 g/mol. The maximum Gasteiger partial charge on any atom is 0.133 e. The van der Waals surface area contributed by atoms with Crippen molar-refractivity contribution in [3.8, 4) is 5.75 Å². The fraction of sp³-hybridized carbons (Fsp3) is 0.583. The van der Waals surface area contributed by atoms with Gasteiger partial charge in [0, 0.05) is 18.7 Å². The Kier molecular flexibility index (Phi) is 3.41. The summed E-state index contributed by atoms with van der Waals surface area (Å²) in [6.07, 6.45) is 3.70. The minimum absolute atomic E-state index is 0.0534. The van der Waals surface area contributed by atoms with Crippen molar-refractivity contribution in [2.45, 2.75) is 31.8 Å². The zero-order chi connectivity index (χ0) is 11.4. The first-order chi connectivity index (χ1) is 7.68. The summed E-state index contributed by atoms with van der Waals surface area (Å²) in [4.78, 5) is 4.14. The number of nitrogens with zero attached hydrogens (tertiary/aromatic N) is 1. The molecule has 0 aliphatic carbocycles. The molecule has 0 radical (unpaired) electrons. The zero-order valence-corrected chi connectivity index (χ0v) is 9.57. The molecule has 1 aromatic heterocycles. The topological polar surface area (TPSA) is 54.4 Å². The average Bonchev–Trinajstić information content (AvgIpc) is 2.29. The quantitative estimate of drug-likeness (QED) is 0.812. The maximum atomic E-state index is 9.12. The van der Waals surface area contributed by atoms with Gasteiger partial charge in [0.05, 0.1) is 18.5 Å². The third-order valence-corrected chi connectivity index (χ3v) is 2.94. The van der Waals surface area contributed by atoms with Gasteiger partial charge in [0.1, 0.15) is 5.75 Å². The van der Waals surface area contributed by atoms with Crippen molar-refractivity contribution in [1.29, 1.82) is 0 Å². The van der Waals surface area contributed by atoms with Crippen LogP contribution in [0.15, 0.2) is 18.3 Å². The van der Waals surface area contributed by atoms with Crippen molar-refractivity contribution in [3.05, 3.63) is 24.0 Å². The van der Waals surface area contributed by atoms with Gasteiger partial charge < -0.3 is 15.2 Å². The molecule has 1 aliphatic rings. The van der Waals surface area contributed by atoms with Crippen molar-refractivity contribution in [3.63, 3.8) is 0 Å². The van der Waals surface area contributed by atoms with Crippen molar-refractivity contribution in [1.82, 2.24) is 10.3 Å². The summed E-state index contributed by atoms with van der Waals surface area (Å²) in [5.41, 5.74) is 0.988. The summed E-state index contributed by atoms with van der Waals surface area (Å²) in [7, 11) is 0. The lowest BCUT2D eigenvalue weighted by atomic mass is 9.95. The van der Waals surface area contributed by atoms with Crippen LogP contribution in [0.1, 0.15) is 25.5 Å². The van der Waals surface area contributed by atoms with Gasteiger partial charge in [-0.2, -0.15) is 0 Å². The van der Waals surface area contributed by atoms with Crippen molar-refractivity contribution < 1.29 is 9.84 Å². The highest BCUT2D eigenvalue weighted by Crippen LogP contribution is 2.18. The van der Waals surface area contributed by atoms with Crippen LogP contribution in [0.5, 0.6) is 5.75 Å². The minimum atomic E-state index is 0.0534. The second kappa shape index (κ2) is 4.80. The lowest BCUT2D eigenvalue weighted by molar-refractivity contribution is 0.0276. The molecule has 0 saturated carbocycles. The molecule has 1 aliphatic heterocycles. The second-order valence-electron chi connectivity index (χ2n) is 4.58. The van der Waals surface area contributed by atoms with Crippen LogP contribution in [-0.2, 0) is 11.3 Å². The Labute approximate surface area is 95.7 Å². The fourth-order valence-electron chi connectivity index (χ4n) is 1.90. The molecule has 88 valence electrons. The van der Waals surface area contributed by atoms with Gasteiger partial charge in [-0.25, -0.2) is 0 Å². The smallest absolute Gasteiger partial charge is 0.133 e. The molecular weight excluding hydrogens is 204 g/mol. The third kappa shape index (κ3) is 2.93. The van der Waals surface area contributed by atoms with Gasteiger partial charge >= 0.3 is 0 Å². The van der Waals surface area contributed by atoms with Crippen LogP contribution >= 0.6 is 0 Å². The summed E-state index contributed by atoms with van der Waals surface area (Å²) in [5.74, 6) is 0.205. The number of hydrogen-bond acceptors (Lipinski definition) is 4. The van der Waals surface area contributed by atoms with Gasteiger partial charge in [-0.15, -0.1) is 0 Å². The van der Waals surface area contributed by atoms with Crippen LogP contribution in [0.2, 0.25) is 0 Å². The van der Waals surface area contributed by atoms with Gasteiger partial charge in [-0.05, 0) is 31.9 Å². The molecule has 1 unspecified atom stereocenters. The van der Waals surface area contributed by atoms with Crippen LogP contribution in [0.3, 0.4) is 0 Å². The van der Waals surface area contributed by atoms with E-state index in [9.17, 15) is 0 Å². The first kappa shape index (κ1) is 11.4. The number of aromatic nitrogens is 1. The molecule has 4 nitrogen and oxygen atoms in total. The molecule has 1 fully saturated rings. The molecule has 1 aromatic rings. The number of hydrogen-bond donors (Lipinski definition) is 2. The SMILES string of the molecule is CC1(NCc2ccc(O)cn2)CCCOC1. The van der Waals surface area contributed by atoms with Gasteiger partial charge in [0.15, 0.2) is 0 Å². The molecule has 1 atom stereocenters. The molecule has 0 spiro atoms. The highest BCUT2D eigenvalue weighted by Gasteiger charge is 2.26. The molecule has 2 rings (SSSR count). The van der Waals surface area contributed by atoms with Crippen LogP contribution in [0.25, 0.3) is 0 Å². The highest BCUT2D eigenvalue weighted by molar-refractivity contribution is 5.17. The first-order valence-electron chi connectivity index (χ1n) is 5.65. The number of nitrogens with one attached hydrogen (secondary N) is 1. The van der Waals surface area contributed by atoms with Crippen LogP contribution in [0.4, 0.5) is 0 Å². The Morgan fingerprint density at radius 1 is 1.56 bits per heavy atom. The van der Waals surface area contributed by atoms with Crippen molar-refractivity contribution in [2.24, 2.45) is 0 Å². The minimum Gasteiger partial charge on any atom is -0.506 e. The maximum absolute atomic E-state index is 9.12. The summed E-state index contributed by atoms with van der Waals surface area (Å²) in [6, 6.07) is 3.49. The van der Waals surface area contributed by atoms with Gasteiger partial charge in [-0.1, -0.05) is 0 Å². The molecule has 16 heavy (non-hydrogen) atoms. The summed E-state index contributed by atoms with van der Waals surface area (Å²) in [6.45, 7) is 4.51. The third-order valence-electron chi connectivity index (χ3n) is 2.94. The Balaban J connectivity index is 1.88. The van der Waals surface area contributed by atoms with Crippen LogP contribution in [-0.4, -0.2) is 28.8 Å². The molecule has 2 N–H and O–H groups in total. The van der Waals surface area contributed by atoms with E-state index in [0.29, 0.717) is 6.54 Å². The second-order valence-corrected chi connectivity index (χ2v) is 4.58. The van der Waals surface area contributed by atoms with E-state index in [0.717, 1.165) is 31.7 Å². The summed E-state index contributed by atoms with van der Waals surface area (Å²) < 4.78 is 5.47. The molecule has 2 heterocycles. The zero-order valence-electron chi connectivity index (χ0n) is 9.57. The van der Waals surface area contributed by atoms with Gasteiger partial charge in [0.2, 0.25) is 0 Å². The molecule has 0 bridgehead atoms. The molecule has 0 aromatic carbocycles. The normalized spacial score (nSPS) is 25.6. The van der Waals surface area contributed by atoms with E-state index >= 15 is 0 Å². The van der Waals surface area contributed by atoms with E-state index in [1.165, 1.54) is 6.20 Å². The van der Waals surface area contributed by atoms with Crippen LogP contribution < -0.4 is 5.32 Å². The molecule has 0 amide bonds. The van der Waals surface area contributed by atoms with E-state index in [4.69, 9.17) is 9.84 Å². The number of pyridine rings is 1. The van der Waals surface area contributed by atoms with E-state index in [-0.39, 0.29) is 11.3 Å². The lowest BCUT2D eigenvalue weighted by Crippen LogP contribution is -2.48. The van der Waals surface area contributed by atoms with E-state index < -0.39 is 0 Å². The molecule has 4 heteroatoms. The molecule has 1 saturated heterocycles. The Morgan fingerprint density at radius 3 is 3.06 bits per heavy atom. The predicted octanol–water partition coefficient (Wildman–Crippen LogP) is 1.45. The van der Waals surface area contributed by atoms with E-state index in [2.05, 4.69) is 17.2 Å². The Morgan fingerprint density at radius 2 is 2.44 bits per heavy atom. The van der Waals surface area contributed by atoms with Gasteiger partial charge in [-0.3, -0.25) is 4.98 Å². The molecular formula is C12H18N2O2. The number of ether oxygens (including phenoxy) is 1. The first-order valence-corrected chi connectivity index (χ1v) is 5.65. The number of rotatable bonds is 3. The van der Waals surface area contributed by atoms with Crippen LogP contribution in [0, 0.1) is 0 Å². The average molecular weight is 222 g/mol. The largest absolute Gasteiger partial charge is 0.506 e.